The van der Waals surface area contributed by atoms with Crippen molar-refractivity contribution < 1.29 is 4.43 Å². The molecule has 0 aliphatic carbocycles. The van der Waals surface area contributed by atoms with Crippen LogP contribution in [0.15, 0.2) is 7.68 Å². The van der Waals surface area contributed by atoms with Gasteiger partial charge in [0.25, 0.3) is 0 Å². The Morgan fingerprint density at radius 3 is 1.26 bits per heavy atom. The van der Waals surface area contributed by atoms with Crippen LogP contribution in [0.5, 0.6) is 0 Å². The van der Waals surface area contributed by atoms with Gasteiger partial charge in [0.2, 0.25) is 0 Å². The second-order valence-corrected chi connectivity index (χ2v) is 45.4. The van der Waals surface area contributed by atoms with Crippen molar-refractivity contribution in [1.29, 1.82) is 0 Å². The summed E-state index contributed by atoms with van der Waals surface area (Å²) >= 11 is -4.89. The monoisotopic (exact) mass is 766 g/mol. The van der Waals surface area contributed by atoms with Gasteiger partial charge in [-0.25, -0.2) is 0 Å². The first-order chi connectivity index (χ1) is 17.9. The molecule has 0 unspecified atom stereocenters. The van der Waals surface area contributed by atoms with Crippen molar-refractivity contribution in [3.8, 4) is 0 Å². The predicted molar refractivity (Wildman–Crippen MR) is 186 cm³/mol. The van der Waals surface area contributed by atoms with Gasteiger partial charge in [-0.05, 0) is 0 Å². The van der Waals surface area contributed by atoms with Crippen LogP contribution in [0.1, 0.15) is 146 Å². The Balaban J connectivity index is 6.82. The number of rotatable bonds is 24. The van der Waals surface area contributed by atoms with Gasteiger partial charge < -0.3 is 0 Å². The molecule has 0 saturated carbocycles. The molecule has 0 aromatic carbocycles. The van der Waals surface area contributed by atoms with Gasteiger partial charge in [-0.1, -0.05) is 0 Å². The maximum absolute atomic E-state index is 6.95. The normalized spacial score (nSPS) is 13.9. The van der Waals surface area contributed by atoms with E-state index in [-0.39, 0.29) is 0 Å². The van der Waals surface area contributed by atoms with Crippen LogP contribution < -0.4 is 0 Å². The molecule has 0 aromatic rings. The van der Waals surface area contributed by atoms with Crippen LogP contribution in [-0.2, 0) is 4.43 Å². The van der Waals surface area contributed by atoms with E-state index in [4.69, 9.17) is 4.43 Å². The molecule has 0 heterocycles. The summed E-state index contributed by atoms with van der Waals surface area (Å²) in [6.07, 6.45) is 18.4. The molecule has 0 aromatic heterocycles. The summed E-state index contributed by atoms with van der Waals surface area (Å²) in [5, 5.41) is 0.302. The Morgan fingerprint density at radius 1 is 0.605 bits per heavy atom. The summed E-state index contributed by atoms with van der Waals surface area (Å²) in [6.45, 7) is 27.8. The Morgan fingerprint density at radius 2 is 0.947 bits per heavy atom. The van der Waals surface area contributed by atoms with E-state index in [9.17, 15) is 0 Å². The van der Waals surface area contributed by atoms with E-state index in [1.165, 1.54) is 83.5 Å². The summed E-state index contributed by atoms with van der Waals surface area (Å²) in [5.74, 6) is 0. The molecule has 0 fully saturated rings. The Labute approximate surface area is 252 Å². The Hall–Kier alpha value is 1.51. The average Bonchev–Trinajstić information content (AvgIpc) is 2.88. The SMILES string of the molecule is CCC[CH2][Sn](/[CH]=[C](/CCO[Si](C)(C)C(C)(C)C)[Sn]([CH2]CCC)([CH2]CCC)[CH2]CCC)([CH2]CCC)[CH2]CCC. The van der Waals surface area contributed by atoms with Gasteiger partial charge in [0, 0.05) is 0 Å². The summed E-state index contributed by atoms with van der Waals surface area (Å²) in [6, 6.07) is 0. The minimum atomic E-state index is -2.50. The third kappa shape index (κ3) is 14.6. The summed E-state index contributed by atoms with van der Waals surface area (Å²) < 4.78 is 22.0. The molecule has 228 valence electrons. The third-order valence-corrected chi connectivity index (χ3v) is 47.3. The van der Waals surface area contributed by atoms with Crippen molar-refractivity contribution in [3.05, 3.63) is 7.68 Å². The van der Waals surface area contributed by atoms with Gasteiger partial charge in [0.15, 0.2) is 0 Å². The maximum atomic E-state index is 6.95. The zero-order valence-corrected chi connectivity index (χ0v) is 35.3. The quantitative estimate of drug-likeness (QED) is 0.0890. The van der Waals surface area contributed by atoms with Gasteiger partial charge in [-0.15, -0.1) is 0 Å². The Bertz CT molecular complexity index is 565. The van der Waals surface area contributed by atoms with Crippen LogP contribution in [0.2, 0.25) is 44.8 Å². The van der Waals surface area contributed by atoms with E-state index in [0.29, 0.717) is 5.04 Å². The first-order valence-electron chi connectivity index (χ1n) is 17.3. The zero-order valence-electron chi connectivity index (χ0n) is 28.6. The van der Waals surface area contributed by atoms with E-state index in [0.717, 1.165) is 6.61 Å². The fourth-order valence-electron chi connectivity index (χ4n) is 6.07. The molecule has 38 heavy (non-hydrogen) atoms. The summed E-state index contributed by atoms with van der Waals surface area (Å²) in [7, 11) is -1.72. The van der Waals surface area contributed by atoms with Crippen molar-refractivity contribution in [2.24, 2.45) is 0 Å². The molecule has 0 N–H and O–H groups in total. The third-order valence-electron chi connectivity index (χ3n) is 9.91. The van der Waals surface area contributed by atoms with E-state index < -0.39 is 45.1 Å². The molecule has 4 heteroatoms. The van der Waals surface area contributed by atoms with Crippen molar-refractivity contribution in [3.63, 3.8) is 0 Å². The molecule has 0 bridgehead atoms. The molecular weight excluding hydrogens is 690 g/mol. The van der Waals surface area contributed by atoms with Gasteiger partial charge >= 0.3 is 254 Å². The fourth-order valence-corrected chi connectivity index (χ4v) is 50.2. The molecule has 0 aliphatic heterocycles. The average molecular weight is 764 g/mol. The molecule has 0 radical (unpaired) electrons. The van der Waals surface area contributed by atoms with Crippen molar-refractivity contribution >= 4 is 45.1 Å². The van der Waals surface area contributed by atoms with E-state index in [1.54, 1.807) is 26.6 Å². The van der Waals surface area contributed by atoms with Gasteiger partial charge in [0.1, 0.15) is 0 Å². The topological polar surface area (TPSA) is 9.23 Å². The van der Waals surface area contributed by atoms with Crippen LogP contribution in [0, 0.1) is 0 Å². The van der Waals surface area contributed by atoms with E-state index in [2.05, 4.69) is 83.1 Å². The number of hydrogen-bond acceptors (Lipinski definition) is 1. The molecular formula is C34H74OSiSn2. The first-order valence-corrected chi connectivity index (χ1v) is 35.4. The number of hydrogen-bond donors (Lipinski definition) is 0. The van der Waals surface area contributed by atoms with Crippen molar-refractivity contribution in [1.82, 2.24) is 0 Å². The predicted octanol–water partition coefficient (Wildman–Crippen LogP) is 13.1. The zero-order chi connectivity index (χ0) is 29.1. The van der Waals surface area contributed by atoms with E-state index >= 15 is 0 Å². The molecule has 0 spiro atoms. The molecule has 1 nitrogen and oxygen atoms in total. The fraction of sp³-hybridized carbons (Fsp3) is 0.941. The van der Waals surface area contributed by atoms with Crippen molar-refractivity contribution in [2.75, 3.05) is 6.61 Å². The summed E-state index contributed by atoms with van der Waals surface area (Å²) in [5.41, 5.74) is 0. The van der Waals surface area contributed by atoms with Crippen LogP contribution in [0.4, 0.5) is 0 Å². The van der Waals surface area contributed by atoms with Gasteiger partial charge in [-0.2, -0.15) is 0 Å². The molecule has 0 atom stereocenters. The second-order valence-electron chi connectivity index (χ2n) is 14.3. The van der Waals surface area contributed by atoms with Crippen LogP contribution in [0.25, 0.3) is 0 Å². The standard InChI is InChI=1S/C10H20OSi.6C4H9.2Sn/c1-7-8-9-11-12(5,6)10(2,3)4;6*1-3-4-2;;/h1H,8-9H2,2-6H3;6*1,3-4H2,2H3;;. The minimum absolute atomic E-state index is 0.302. The second kappa shape index (κ2) is 21.2. The molecule has 0 aliphatic rings. The molecule has 0 amide bonds. The summed E-state index contributed by atoms with van der Waals surface area (Å²) in [4.78, 5) is 0. The van der Waals surface area contributed by atoms with Crippen LogP contribution in [-0.4, -0.2) is 51.7 Å². The van der Waals surface area contributed by atoms with Gasteiger partial charge in [-0.3, -0.25) is 0 Å². The molecule has 0 rings (SSSR count). The Kier molecular flexibility index (Phi) is 22.1. The first kappa shape index (κ1) is 39.5. The van der Waals surface area contributed by atoms with Gasteiger partial charge in [0.05, 0.1) is 0 Å². The van der Waals surface area contributed by atoms with E-state index in [1.807, 2.05) is 0 Å². The number of unbranched alkanes of at least 4 members (excludes halogenated alkanes) is 6. The molecule has 0 saturated heterocycles. The van der Waals surface area contributed by atoms with Crippen LogP contribution >= 0.6 is 0 Å². The van der Waals surface area contributed by atoms with Crippen molar-refractivity contribution in [2.45, 2.75) is 191 Å². The van der Waals surface area contributed by atoms with Crippen LogP contribution in [0.3, 0.4) is 0 Å².